The molecule has 9 nitrogen and oxygen atoms in total. The fourth-order valence-electron chi connectivity index (χ4n) is 1.81. The number of carbonyl (C=O) groups is 1. The van der Waals surface area contributed by atoms with Crippen LogP contribution in [0.4, 0.5) is 10.5 Å². The molecule has 2 amide bonds. The van der Waals surface area contributed by atoms with Crippen LogP contribution in [0.3, 0.4) is 0 Å². The summed E-state index contributed by atoms with van der Waals surface area (Å²) in [6, 6.07) is 5.29. The van der Waals surface area contributed by atoms with Crippen LogP contribution in [0.5, 0.6) is 0 Å². The highest BCUT2D eigenvalue weighted by Gasteiger charge is 2.13. The molecule has 0 saturated carbocycles. The van der Waals surface area contributed by atoms with E-state index < -0.39 is 11.0 Å². The van der Waals surface area contributed by atoms with Crippen LogP contribution in [-0.4, -0.2) is 21.1 Å². The zero-order valence-corrected chi connectivity index (χ0v) is 12.1. The highest BCUT2D eigenvalue weighted by molar-refractivity contribution is 5.74. The topological polar surface area (TPSA) is 123 Å². The summed E-state index contributed by atoms with van der Waals surface area (Å²) in [4.78, 5) is 26.0. The second kappa shape index (κ2) is 6.66. The number of non-ortho nitro benzene ring substituents is 1. The first-order valence-corrected chi connectivity index (χ1v) is 6.53. The monoisotopic (exact) mass is 305 g/mol. The molecule has 22 heavy (non-hydrogen) atoms. The summed E-state index contributed by atoms with van der Waals surface area (Å²) in [7, 11) is 0. The number of rotatable bonds is 5. The number of hydrogen-bond donors (Lipinski definition) is 2. The van der Waals surface area contributed by atoms with E-state index in [4.69, 9.17) is 4.52 Å². The number of carbonyl (C=O) groups excluding carboxylic acids is 1. The van der Waals surface area contributed by atoms with Crippen molar-refractivity contribution in [3.05, 3.63) is 51.7 Å². The van der Waals surface area contributed by atoms with Crippen LogP contribution in [-0.2, 0) is 6.54 Å². The van der Waals surface area contributed by atoms with Crippen LogP contribution in [0.1, 0.15) is 30.2 Å². The summed E-state index contributed by atoms with van der Waals surface area (Å²) in [5.41, 5.74) is 0.619. The number of amides is 2. The van der Waals surface area contributed by atoms with Crippen LogP contribution in [0.15, 0.2) is 28.8 Å². The van der Waals surface area contributed by atoms with Gasteiger partial charge in [0.05, 0.1) is 17.5 Å². The summed E-state index contributed by atoms with van der Waals surface area (Å²) in [5, 5.41) is 19.7. The number of aryl methyl sites for hydroxylation is 1. The van der Waals surface area contributed by atoms with Gasteiger partial charge in [0.15, 0.2) is 5.82 Å². The molecule has 0 fully saturated rings. The molecule has 1 heterocycles. The average Bonchev–Trinajstić information content (AvgIpc) is 2.91. The minimum Gasteiger partial charge on any atom is -0.340 e. The Balaban J connectivity index is 1.90. The first-order valence-electron chi connectivity index (χ1n) is 6.53. The Morgan fingerprint density at radius 2 is 2.27 bits per heavy atom. The van der Waals surface area contributed by atoms with E-state index in [9.17, 15) is 14.9 Å². The first kappa shape index (κ1) is 15.4. The van der Waals surface area contributed by atoms with Gasteiger partial charge >= 0.3 is 6.03 Å². The van der Waals surface area contributed by atoms with Crippen molar-refractivity contribution in [2.24, 2.45) is 0 Å². The van der Waals surface area contributed by atoms with E-state index in [1.807, 2.05) is 0 Å². The van der Waals surface area contributed by atoms with E-state index in [2.05, 4.69) is 20.8 Å². The molecule has 1 aromatic heterocycles. The molecule has 1 aromatic carbocycles. The van der Waals surface area contributed by atoms with Gasteiger partial charge in [0.1, 0.15) is 0 Å². The number of aromatic nitrogens is 2. The smallest absolute Gasteiger partial charge is 0.315 e. The van der Waals surface area contributed by atoms with Gasteiger partial charge in [-0.1, -0.05) is 17.3 Å². The van der Waals surface area contributed by atoms with E-state index in [0.717, 1.165) is 0 Å². The Morgan fingerprint density at radius 3 is 2.91 bits per heavy atom. The molecule has 0 aliphatic carbocycles. The third-order valence-corrected chi connectivity index (χ3v) is 2.91. The van der Waals surface area contributed by atoms with E-state index in [0.29, 0.717) is 17.3 Å². The predicted octanol–water partition coefficient (Wildman–Crippen LogP) is 1.85. The van der Waals surface area contributed by atoms with Crippen molar-refractivity contribution >= 4 is 11.7 Å². The molecule has 2 rings (SSSR count). The number of benzene rings is 1. The molecular weight excluding hydrogens is 290 g/mol. The van der Waals surface area contributed by atoms with Gasteiger partial charge < -0.3 is 15.2 Å². The standard InChI is InChI=1S/C13H15N5O4/c1-8(10-4-3-5-11(6-10)18(20)21)15-13(19)14-7-12-16-9(2)22-17-12/h3-6,8H,7H2,1-2H3,(H2,14,15,19). The Bertz CT molecular complexity index is 685. The van der Waals surface area contributed by atoms with E-state index in [-0.39, 0.29) is 18.3 Å². The molecule has 0 bridgehead atoms. The number of hydrogen-bond acceptors (Lipinski definition) is 6. The van der Waals surface area contributed by atoms with Gasteiger partial charge in [0.2, 0.25) is 5.89 Å². The second-order valence-corrected chi connectivity index (χ2v) is 4.63. The van der Waals surface area contributed by atoms with Gasteiger partial charge in [-0.05, 0) is 12.5 Å². The fraction of sp³-hybridized carbons (Fsp3) is 0.308. The average molecular weight is 305 g/mol. The van der Waals surface area contributed by atoms with Crippen LogP contribution in [0, 0.1) is 17.0 Å². The van der Waals surface area contributed by atoms with Crippen molar-refractivity contribution in [2.75, 3.05) is 0 Å². The summed E-state index contributed by atoms with van der Waals surface area (Å²) in [6.07, 6.45) is 0. The summed E-state index contributed by atoms with van der Waals surface area (Å²) in [5.74, 6) is 0.790. The van der Waals surface area contributed by atoms with Crippen molar-refractivity contribution in [3.63, 3.8) is 0 Å². The molecule has 0 aliphatic rings. The van der Waals surface area contributed by atoms with E-state index >= 15 is 0 Å². The zero-order valence-electron chi connectivity index (χ0n) is 12.1. The molecule has 0 saturated heterocycles. The Hall–Kier alpha value is -2.97. The SMILES string of the molecule is Cc1nc(CNC(=O)NC(C)c2cccc([N+](=O)[O-])c2)no1. The first-order chi connectivity index (χ1) is 10.5. The summed E-state index contributed by atoms with van der Waals surface area (Å²) >= 11 is 0. The molecule has 2 aromatic rings. The van der Waals surface area contributed by atoms with Crippen molar-refractivity contribution in [1.82, 2.24) is 20.8 Å². The lowest BCUT2D eigenvalue weighted by Crippen LogP contribution is -2.36. The molecule has 2 N–H and O–H groups in total. The molecule has 0 radical (unpaired) electrons. The summed E-state index contributed by atoms with van der Waals surface area (Å²) < 4.78 is 4.79. The third kappa shape index (κ3) is 4.01. The molecule has 1 unspecified atom stereocenters. The molecule has 0 aliphatic heterocycles. The van der Waals surface area contributed by atoms with Crippen molar-refractivity contribution in [3.8, 4) is 0 Å². The highest BCUT2D eigenvalue weighted by Crippen LogP contribution is 2.18. The summed E-state index contributed by atoms with van der Waals surface area (Å²) in [6.45, 7) is 3.52. The second-order valence-electron chi connectivity index (χ2n) is 4.63. The van der Waals surface area contributed by atoms with Crippen molar-refractivity contribution in [1.29, 1.82) is 0 Å². The molecule has 1 atom stereocenters. The Labute approximate surface area is 125 Å². The highest BCUT2D eigenvalue weighted by atomic mass is 16.6. The fourth-order valence-corrected chi connectivity index (χ4v) is 1.81. The van der Waals surface area contributed by atoms with Crippen LogP contribution < -0.4 is 10.6 Å². The van der Waals surface area contributed by atoms with Gasteiger partial charge in [0, 0.05) is 19.1 Å². The van der Waals surface area contributed by atoms with Gasteiger partial charge in [-0.2, -0.15) is 4.98 Å². The number of nitro benzene ring substituents is 1. The van der Waals surface area contributed by atoms with Crippen LogP contribution >= 0.6 is 0 Å². The van der Waals surface area contributed by atoms with E-state index in [1.165, 1.54) is 12.1 Å². The maximum atomic E-state index is 11.8. The molecular formula is C13H15N5O4. The molecule has 116 valence electrons. The number of nitrogens with one attached hydrogen (secondary N) is 2. The van der Waals surface area contributed by atoms with Gasteiger partial charge in [-0.3, -0.25) is 10.1 Å². The lowest BCUT2D eigenvalue weighted by atomic mass is 10.1. The maximum absolute atomic E-state index is 11.8. The molecule has 9 heteroatoms. The van der Waals surface area contributed by atoms with Gasteiger partial charge in [-0.15, -0.1) is 0 Å². The third-order valence-electron chi connectivity index (χ3n) is 2.91. The predicted molar refractivity (Wildman–Crippen MR) is 75.9 cm³/mol. The van der Waals surface area contributed by atoms with Crippen LogP contribution in [0.2, 0.25) is 0 Å². The zero-order chi connectivity index (χ0) is 16.1. The normalized spacial score (nSPS) is 11.7. The number of nitro groups is 1. The maximum Gasteiger partial charge on any atom is 0.315 e. The number of urea groups is 1. The van der Waals surface area contributed by atoms with Gasteiger partial charge in [0.25, 0.3) is 5.69 Å². The lowest BCUT2D eigenvalue weighted by Gasteiger charge is -2.14. The van der Waals surface area contributed by atoms with Crippen LogP contribution in [0.25, 0.3) is 0 Å². The van der Waals surface area contributed by atoms with Crippen molar-refractivity contribution < 1.29 is 14.2 Å². The minimum absolute atomic E-state index is 0.0196. The Morgan fingerprint density at radius 1 is 1.50 bits per heavy atom. The minimum atomic E-state index is -0.477. The lowest BCUT2D eigenvalue weighted by molar-refractivity contribution is -0.384. The van der Waals surface area contributed by atoms with E-state index in [1.54, 1.807) is 26.0 Å². The molecule has 0 spiro atoms. The quantitative estimate of drug-likeness (QED) is 0.641. The Kier molecular flexibility index (Phi) is 4.66. The number of nitrogens with zero attached hydrogens (tertiary/aromatic N) is 3. The van der Waals surface area contributed by atoms with Gasteiger partial charge in [-0.25, -0.2) is 4.79 Å². The largest absolute Gasteiger partial charge is 0.340 e. The van der Waals surface area contributed by atoms with Crippen molar-refractivity contribution in [2.45, 2.75) is 26.4 Å².